The Hall–Kier alpha value is -1.23. The van der Waals surface area contributed by atoms with Crippen molar-refractivity contribution < 1.29 is 4.79 Å². The zero-order valence-electron chi connectivity index (χ0n) is 12.6. The fourth-order valence-electron chi connectivity index (χ4n) is 2.76. The zero-order valence-corrected chi connectivity index (χ0v) is 13.4. The minimum atomic E-state index is -0.0183. The lowest BCUT2D eigenvalue weighted by molar-refractivity contribution is 0.0833. The summed E-state index contributed by atoms with van der Waals surface area (Å²) in [6.07, 6.45) is 6.33. The molecular formula is C15H25N3OS. The van der Waals surface area contributed by atoms with Crippen LogP contribution in [0.25, 0.3) is 0 Å². The summed E-state index contributed by atoms with van der Waals surface area (Å²) in [5.74, 6) is 0.877. The van der Waals surface area contributed by atoms with Gasteiger partial charge in [-0.2, -0.15) is 0 Å². The number of rotatable bonds is 4. The van der Waals surface area contributed by atoms with Crippen molar-refractivity contribution in [3.05, 3.63) is 10.9 Å². The Morgan fingerprint density at radius 1 is 1.40 bits per heavy atom. The average molecular weight is 295 g/mol. The number of anilines is 2. The zero-order chi connectivity index (χ0) is 14.7. The van der Waals surface area contributed by atoms with Crippen LogP contribution in [0, 0.1) is 5.92 Å². The Kier molecular flexibility index (Phi) is 4.91. The highest BCUT2D eigenvalue weighted by Gasteiger charge is 2.22. The van der Waals surface area contributed by atoms with Crippen LogP contribution in [0.4, 0.5) is 10.7 Å². The third-order valence-electron chi connectivity index (χ3n) is 4.13. The Morgan fingerprint density at radius 3 is 2.60 bits per heavy atom. The van der Waals surface area contributed by atoms with E-state index >= 15 is 0 Å². The Bertz CT molecular complexity index is 462. The average Bonchev–Trinajstić information content (AvgIpc) is 2.79. The molecule has 112 valence electrons. The van der Waals surface area contributed by atoms with Crippen LogP contribution >= 0.6 is 11.3 Å². The van der Waals surface area contributed by atoms with E-state index in [-0.39, 0.29) is 5.91 Å². The van der Waals surface area contributed by atoms with Crippen molar-refractivity contribution in [3.63, 3.8) is 0 Å². The van der Waals surface area contributed by atoms with Crippen LogP contribution in [0.1, 0.15) is 48.7 Å². The molecule has 1 aliphatic rings. The molecule has 5 heteroatoms. The number of hydrogen-bond acceptors (Lipinski definition) is 4. The molecule has 0 aromatic carbocycles. The van der Waals surface area contributed by atoms with Gasteiger partial charge in [-0.1, -0.05) is 13.3 Å². The predicted octanol–water partition coefficient (Wildman–Crippen LogP) is 3.41. The number of thiophene rings is 1. The molecule has 0 radical (unpaired) electrons. The van der Waals surface area contributed by atoms with Crippen molar-refractivity contribution in [2.24, 2.45) is 5.92 Å². The molecule has 0 saturated heterocycles. The van der Waals surface area contributed by atoms with Crippen molar-refractivity contribution in [2.45, 2.75) is 45.1 Å². The Morgan fingerprint density at radius 2 is 2.05 bits per heavy atom. The van der Waals surface area contributed by atoms with Crippen LogP contribution in [0.15, 0.2) is 6.07 Å². The van der Waals surface area contributed by atoms with Crippen molar-refractivity contribution in [1.29, 1.82) is 0 Å². The lowest BCUT2D eigenvalue weighted by Crippen LogP contribution is -2.25. The number of carbonyl (C=O) groups is 1. The van der Waals surface area contributed by atoms with E-state index < -0.39 is 0 Å². The third kappa shape index (κ3) is 3.45. The van der Waals surface area contributed by atoms with E-state index in [1.54, 1.807) is 19.0 Å². The van der Waals surface area contributed by atoms with Gasteiger partial charge < -0.3 is 16.0 Å². The molecule has 1 heterocycles. The summed E-state index contributed by atoms with van der Waals surface area (Å²) in [6, 6.07) is 2.42. The third-order valence-corrected chi connectivity index (χ3v) is 5.20. The van der Waals surface area contributed by atoms with E-state index in [1.165, 1.54) is 43.4 Å². The SMILES string of the molecule is CCC1CCC(Nc2cc(N)c(C(=O)N(C)C)s2)CC1. The highest BCUT2D eigenvalue weighted by Crippen LogP contribution is 2.33. The highest BCUT2D eigenvalue weighted by molar-refractivity contribution is 7.18. The summed E-state index contributed by atoms with van der Waals surface area (Å²) in [5.41, 5.74) is 6.53. The molecular weight excluding hydrogens is 270 g/mol. The number of nitrogen functional groups attached to an aromatic ring is 1. The first-order valence-corrected chi connectivity index (χ1v) is 8.20. The molecule has 20 heavy (non-hydrogen) atoms. The predicted molar refractivity (Wildman–Crippen MR) is 86.4 cm³/mol. The molecule has 0 unspecified atom stereocenters. The van der Waals surface area contributed by atoms with Gasteiger partial charge in [0.05, 0.1) is 10.7 Å². The van der Waals surface area contributed by atoms with E-state index in [0.29, 0.717) is 16.6 Å². The number of amides is 1. The molecule has 1 aromatic rings. The second kappa shape index (κ2) is 6.48. The molecule has 1 amide bonds. The van der Waals surface area contributed by atoms with Crippen LogP contribution in [-0.2, 0) is 0 Å². The van der Waals surface area contributed by atoms with Crippen LogP contribution in [0.2, 0.25) is 0 Å². The smallest absolute Gasteiger partial charge is 0.265 e. The standard InChI is InChI=1S/C15H25N3OS/c1-4-10-5-7-11(8-6-10)17-13-9-12(16)14(20-13)15(19)18(2)3/h9-11,17H,4-8,16H2,1-3H3. The van der Waals surface area contributed by atoms with E-state index in [0.717, 1.165) is 10.9 Å². The van der Waals surface area contributed by atoms with Gasteiger partial charge in [0, 0.05) is 20.1 Å². The summed E-state index contributed by atoms with van der Waals surface area (Å²) < 4.78 is 0. The number of hydrogen-bond donors (Lipinski definition) is 2. The summed E-state index contributed by atoms with van der Waals surface area (Å²) in [4.78, 5) is 14.2. The van der Waals surface area contributed by atoms with Gasteiger partial charge in [0.25, 0.3) is 5.91 Å². The first-order valence-electron chi connectivity index (χ1n) is 7.38. The molecule has 1 aliphatic carbocycles. The maximum Gasteiger partial charge on any atom is 0.265 e. The van der Waals surface area contributed by atoms with Crippen LogP contribution in [0.5, 0.6) is 0 Å². The second-order valence-corrected chi connectivity index (χ2v) is 6.92. The molecule has 0 aliphatic heterocycles. The maximum atomic E-state index is 12.0. The van der Waals surface area contributed by atoms with Gasteiger partial charge in [-0.3, -0.25) is 4.79 Å². The number of carbonyl (C=O) groups excluding carboxylic acids is 1. The van der Waals surface area contributed by atoms with Crippen LogP contribution in [-0.4, -0.2) is 30.9 Å². The summed E-state index contributed by atoms with van der Waals surface area (Å²) >= 11 is 1.47. The molecule has 1 aromatic heterocycles. The summed E-state index contributed by atoms with van der Waals surface area (Å²) in [6.45, 7) is 2.28. The fourth-order valence-corrected chi connectivity index (χ4v) is 3.84. The van der Waals surface area contributed by atoms with E-state index in [4.69, 9.17) is 5.73 Å². The maximum absolute atomic E-state index is 12.0. The number of nitrogens with two attached hydrogens (primary N) is 1. The topological polar surface area (TPSA) is 58.4 Å². The van der Waals surface area contributed by atoms with Crippen LogP contribution < -0.4 is 11.1 Å². The number of nitrogens with one attached hydrogen (secondary N) is 1. The molecule has 2 rings (SSSR count). The largest absolute Gasteiger partial charge is 0.397 e. The monoisotopic (exact) mass is 295 g/mol. The summed E-state index contributed by atoms with van der Waals surface area (Å²) in [5, 5.41) is 4.57. The first kappa shape index (κ1) is 15.2. The van der Waals surface area contributed by atoms with Gasteiger partial charge in [-0.25, -0.2) is 0 Å². The van der Waals surface area contributed by atoms with Gasteiger partial charge in [-0.05, 0) is 37.7 Å². The van der Waals surface area contributed by atoms with Gasteiger partial charge in [0.15, 0.2) is 0 Å². The molecule has 0 bridgehead atoms. The second-order valence-electron chi connectivity index (χ2n) is 5.86. The van der Waals surface area contributed by atoms with Crippen molar-refractivity contribution >= 4 is 27.9 Å². The van der Waals surface area contributed by atoms with Gasteiger partial charge in [0.1, 0.15) is 4.88 Å². The van der Waals surface area contributed by atoms with Gasteiger partial charge >= 0.3 is 0 Å². The van der Waals surface area contributed by atoms with E-state index in [1.807, 2.05) is 6.07 Å². The minimum absolute atomic E-state index is 0.0183. The molecule has 1 saturated carbocycles. The lowest BCUT2D eigenvalue weighted by Gasteiger charge is -2.28. The highest BCUT2D eigenvalue weighted by atomic mass is 32.1. The van der Waals surface area contributed by atoms with Gasteiger partial charge in [-0.15, -0.1) is 11.3 Å². The molecule has 3 N–H and O–H groups in total. The molecule has 0 spiro atoms. The molecule has 4 nitrogen and oxygen atoms in total. The van der Waals surface area contributed by atoms with Gasteiger partial charge in [0.2, 0.25) is 0 Å². The first-order chi connectivity index (χ1) is 9.51. The number of nitrogens with zero attached hydrogens (tertiary/aromatic N) is 1. The van der Waals surface area contributed by atoms with E-state index in [2.05, 4.69) is 12.2 Å². The Balaban J connectivity index is 1.97. The molecule has 1 fully saturated rings. The van der Waals surface area contributed by atoms with Crippen molar-refractivity contribution in [1.82, 2.24) is 4.90 Å². The molecule has 0 atom stereocenters. The fraction of sp³-hybridized carbons (Fsp3) is 0.667. The van der Waals surface area contributed by atoms with Crippen LogP contribution in [0.3, 0.4) is 0 Å². The van der Waals surface area contributed by atoms with Crippen molar-refractivity contribution in [3.8, 4) is 0 Å². The van der Waals surface area contributed by atoms with Crippen molar-refractivity contribution in [2.75, 3.05) is 25.1 Å². The quantitative estimate of drug-likeness (QED) is 0.895. The normalized spacial score (nSPS) is 22.6. The lowest BCUT2D eigenvalue weighted by atomic mass is 9.84. The minimum Gasteiger partial charge on any atom is -0.397 e. The summed E-state index contributed by atoms with van der Waals surface area (Å²) in [7, 11) is 3.50. The van der Waals surface area contributed by atoms with E-state index in [9.17, 15) is 4.79 Å². The Labute approximate surface area is 125 Å².